The number of para-hydroxylation sites is 1. The van der Waals surface area contributed by atoms with E-state index in [0.717, 1.165) is 17.0 Å². The molecule has 1 aliphatic heterocycles. The Balaban J connectivity index is 1.64. The van der Waals surface area contributed by atoms with E-state index in [4.69, 9.17) is 9.47 Å². The van der Waals surface area contributed by atoms with Gasteiger partial charge in [-0.05, 0) is 50.5 Å². The molecule has 148 valence electrons. The first-order chi connectivity index (χ1) is 13.5. The molecule has 5 nitrogen and oxygen atoms in total. The summed E-state index contributed by atoms with van der Waals surface area (Å²) in [6.07, 6.45) is 1.60. The average Bonchev–Trinajstić information content (AvgIpc) is 2.71. The van der Waals surface area contributed by atoms with Crippen LogP contribution in [-0.4, -0.2) is 31.6 Å². The number of aryl methyl sites for hydroxylation is 1. The normalized spacial score (nSPS) is 18.3. The fourth-order valence-corrected chi connectivity index (χ4v) is 3.73. The van der Waals surface area contributed by atoms with Crippen molar-refractivity contribution in [3.05, 3.63) is 59.7 Å². The average molecular weight is 381 g/mol. The van der Waals surface area contributed by atoms with Crippen molar-refractivity contribution in [1.82, 2.24) is 0 Å². The molecular formula is C23H27NO4. The fourth-order valence-electron chi connectivity index (χ4n) is 3.73. The van der Waals surface area contributed by atoms with Gasteiger partial charge in [-0.3, -0.25) is 9.59 Å². The van der Waals surface area contributed by atoms with Crippen molar-refractivity contribution in [2.75, 3.05) is 18.6 Å². The molecule has 2 atom stereocenters. The standard InChI is InChI=1S/C23H27NO4/c1-16-10-12-18(13-11-16)28-14-6-9-22(25)24-17(2)15-20(23(26)27-3)19-7-4-5-8-21(19)24/h4-5,7-8,10-13,17,20H,6,9,14-15H2,1-3H3. The first-order valence-corrected chi connectivity index (χ1v) is 9.69. The summed E-state index contributed by atoms with van der Waals surface area (Å²) in [7, 11) is 1.40. The maximum Gasteiger partial charge on any atom is 0.313 e. The van der Waals surface area contributed by atoms with Crippen LogP contribution in [0.5, 0.6) is 5.75 Å². The largest absolute Gasteiger partial charge is 0.494 e. The maximum absolute atomic E-state index is 12.9. The second-order valence-corrected chi connectivity index (χ2v) is 7.25. The molecule has 0 saturated carbocycles. The quantitative estimate of drug-likeness (QED) is 0.555. The Morgan fingerprint density at radius 1 is 1.11 bits per heavy atom. The second kappa shape index (κ2) is 8.91. The van der Waals surface area contributed by atoms with E-state index in [1.807, 2.05) is 67.3 Å². The van der Waals surface area contributed by atoms with Crippen LogP contribution in [0.3, 0.4) is 0 Å². The molecule has 1 amide bonds. The summed E-state index contributed by atoms with van der Waals surface area (Å²) in [5, 5.41) is 0. The van der Waals surface area contributed by atoms with Gasteiger partial charge in [-0.2, -0.15) is 0 Å². The van der Waals surface area contributed by atoms with Crippen molar-refractivity contribution in [3.63, 3.8) is 0 Å². The number of rotatable bonds is 6. The highest BCUT2D eigenvalue weighted by molar-refractivity contribution is 5.97. The lowest BCUT2D eigenvalue weighted by molar-refractivity contribution is -0.143. The van der Waals surface area contributed by atoms with Crippen LogP contribution in [0.25, 0.3) is 0 Å². The zero-order valence-corrected chi connectivity index (χ0v) is 16.7. The number of methoxy groups -OCH3 is 1. The van der Waals surface area contributed by atoms with Crippen LogP contribution in [0, 0.1) is 6.92 Å². The first kappa shape index (κ1) is 19.9. The monoisotopic (exact) mass is 381 g/mol. The minimum Gasteiger partial charge on any atom is -0.494 e. The van der Waals surface area contributed by atoms with E-state index in [1.54, 1.807) is 0 Å². The Morgan fingerprint density at radius 3 is 2.54 bits per heavy atom. The number of nitrogens with zero attached hydrogens (tertiary/aromatic N) is 1. The molecule has 2 aromatic rings. The van der Waals surface area contributed by atoms with Gasteiger partial charge in [0, 0.05) is 18.2 Å². The smallest absolute Gasteiger partial charge is 0.313 e. The van der Waals surface area contributed by atoms with E-state index in [2.05, 4.69) is 0 Å². The molecule has 1 heterocycles. The predicted molar refractivity (Wildman–Crippen MR) is 109 cm³/mol. The number of fused-ring (bicyclic) bond motifs is 1. The molecule has 0 spiro atoms. The van der Waals surface area contributed by atoms with E-state index >= 15 is 0 Å². The first-order valence-electron chi connectivity index (χ1n) is 9.69. The minimum absolute atomic E-state index is 0.0516. The van der Waals surface area contributed by atoms with Crippen LogP contribution in [0.1, 0.15) is 43.2 Å². The highest BCUT2D eigenvalue weighted by Crippen LogP contribution is 2.39. The van der Waals surface area contributed by atoms with E-state index < -0.39 is 0 Å². The SMILES string of the molecule is COC(=O)C1CC(C)N(C(=O)CCCOc2ccc(C)cc2)c2ccccc21. The highest BCUT2D eigenvalue weighted by Gasteiger charge is 2.37. The molecule has 3 rings (SSSR count). The van der Waals surface area contributed by atoms with Gasteiger partial charge in [-0.15, -0.1) is 0 Å². The molecule has 1 aliphatic rings. The van der Waals surface area contributed by atoms with E-state index in [-0.39, 0.29) is 23.8 Å². The van der Waals surface area contributed by atoms with Crippen molar-refractivity contribution in [2.45, 2.75) is 45.1 Å². The van der Waals surface area contributed by atoms with Gasteiger partial charge in [0.15, 0.2) is 0 Å². The molecule has 2 unspecified atom stereocenters. The number of benzene rings is 2. The number of anilines is 1. The Hall–Kier alpha value is -2.82. The van der Waals surface area contributed by atoms with Crippen LogP contribution < -0.4 is 9.64 Å². The number of amides is 1. The van der Waals surface area contributed by atoms with Gasteiger partial charge in [-0.25, -0.2) is 0 Å². The lowest BCUT2D eigenvalue weighted by Crippen LogP contribution is -2.44. The van der Waals surface area contributed by atoms with Gasteiger partial charge < -0.3 is 14.4 Å². The Morgan fingerprint density at radius 2 is 1.82 bits per heavy atom. The molecule has 5 heteroatoms. The van der Waals surface area contributed by atoms with Crippen molar-refractivity contribution < 1.29 is 19.1 Å². The number of esters is 1. The van der Waals surface area contributed by atoms with Crippen LogP contribution >= 0.6 is 0 Å². The van der Waals surface area contributed by atoms with Gasteiger partial charge >= 0.3 is 5.97 Å². The summed E-state index contributed by atoms with van der Waals surface area (Å²) in [5.74, 6) is 0.287. The Kier molecular flexibility index (Phi) is 6.34. The third kappa shape index (κ3) is 4.35. The van der Waals surface area contributed by atoms with E-state index in [0.29, 0.717) is 25.9 Å². The number of hydrogen-bond donors (Lipinski definition) is 0. The van der Waals surface area contributed by atoms with Crippen molar-refractivity contribution >= 4 is 17.6 Å². The summed E-state index contributed by atoms with van der Waals surface area (Å²) >= 11 is 0. The van der Waals surface area contributed by atoms with Crippen molar-refractivity contribution in [1.29, 1.82) is 0 Å². The molecule has 0 saturated heterocycles. The Labute approximate surface area is 166 Å². The van der Waals surface area contributed by atoms with Crippen LogP contribution in [0.15, 0.2) is 48.5 Å². The van der Waals surface area contributed by atoms with Crippen LogP contribution in [-0.2, 0) is 14.3 Å². The molecular weight excluding hydrogens is 354 g/mol. The van der Waals surface area contributed by atoms with Crippen molar-refractivity contribution in [3.8, 4) is 5.75 Å². The molecule has 0 fully saturated rings. The molecule has 0 N–H and O–H groups in total. The third-order valence-electron chi connectivity index (χ3n) is 5.17. The number of ether oxygens (including phenoxy) is 2. The topological polar surface area (TPSA) is 55.8 Å². The molecule has 0 radical (unpaired) electrons. The van der Waals surface area contributed by atoms with Gasteiger partial charge in [-0.1, -0.05) is 35.9 Å². The maximum atomic E-state index is 12.9. The fraction of sp³-hybridized carbons (Fsp3) is 0.391. The van der Waals surface area contributed by atoms with Gasteiger partial charge in [0.25, 0.3) is 0 Å². The van der Waals surface area contributed by atoms with Crippen molar-refractivity contribution in [2.24, 2.45) is 0 Å². The van der Waals surface area contributed by atoms with Gasteiger partial charge in [0.05, 0.1) is 19.6 Å². The van der Waals surface area contributed by atoms with Gasteiger partial charge in [0.1, 0.15) is 5.75 Å². The molecule has 2 aromatic carbocycles. The van der Waals surface area contributed by atoms with Crippen LogP contribution in [0.2, 0.25) is 0 Å². The summed E-state index contributed by atoms with van der Waals surface area (Å²) in [6.45, 7) is 4.50. The zero-order chi connectivity index (χ0) is 20.1. The van der Waals surface area contributed by atoms with Crippen LogP contribution in [0.4, 0.5) is 5.69 Å². The highest BCUT2D eigenvalue weighted by atomic mass is 16.5. The van der Waals surface area contributed by atoms with E-state index in [9.17, 15) is 9.59 Å². The molecule has 28 heavy (non-hydrogen) atoms. The summed E-state index contributed by atoms with van der Waals surface area (Å²) < 4.78 is 10.7. The summed E-state index contributed by atoms with van der Waals surface area (Å²) in [6, 6.07) is 15.4. The Bertz CT molecular complexity index is 831. The second-order valence-electron chi connectivity index (χ2n) is 7.25. The summed E-state index contributed by atoms with van der Waals surface area (Å²) in [5.41, 5.74) is 2.85. The van der Waals surface area contributed by atoms with E-state index in [1.165, 1.54) is 12.7 Å². The number of hydrogen-bond acceptors (Lipinski definition) is 4. The summed E-state index contributed by atoms with van der Waals surface area (Å²) in [4.78, 5) is 26.9. The molecule has 0 bridgehead atoms. The molecule has 0 aliphatic carbocycles. The van der Waals surface area contributed by atoms with Gasteiger partial charge in [0.2, 0.25) is 5.91 Å². The number of carbonyl (C=O) groups excluding carboxylic acids is 2. The lowest BCUT2D eigenvalue weighted by Gasteiger charge is -2.38. The minimum atomic E-state index is -0.329. The third-order valence-corrected chi connectivity index (χ3v) is 5.17. The predicted octanol–water partition coefficient (Wildman–Crippen LogP) is 4.24. The zero-order valence-electron chi connectivity index (χ0n) is 16.7. The number of carbonyl (C=O) groups is 2. The lowest BCUT2D eigenvalue weighted by atomic mass is 9.86. The molecule has 0 aromatic heterocycles.